The van der Waals surface area contributed by atoms with Crippen LogP contribution in [0.1, 0.15) is 87.7 Å². The van der Waals surface area contributed by atoms with Crippen LogP contribution in [-0.4, -0.2) is 9.97 Å². The Bertz CT molecular complexity index is 1480. The summed E-state index contributed by atoms with van der Waals surface area (Å²) in [5.41, 5.74) is 11.9. The molecule has 5 aromatic rings. The zero-order valence-electron chi connectivity index (χ0n) is 24.9. The van der Waals surface area contributed by atoms with Gasteiger partial charge in [-0.2, -0.15) is 0 Å². The number of pyridine rings is 2. The lowest BCUT2D eigenvalue weighted by Crippen LogP contribution is -1.95. The van der Waals surface area contributed by atoms with Crippen LogP contribution in [0.4, 0.5) is 0 Å². The van der Waals surface area contributed by atoms with Gasteiger partial charge in [-0.1, -0.05) is 113 Å². The highest BCUT2D eigenvalue weighted by Gasteiger charge is 2.15. The standard InChI is InChI=1S/C38H44N2/c1-5-7-9-11-15-29-17-13-19-31(25-29)35-23-27(3)39-37-33(35)21-22-34-36(24-28(4)40-38(34)37)32-20-14-18-30(26-32)16-12-10-8-6-2/h13-14,17-26H,5-12,15-16H2,1-4H3. The fourth-order valence-corrected chi connectivity index (χ4v) is 6.01. The molecule has 0 saturated carbocycles. The van der Waals surface area contributed by atoms with Crippen LogP contribution in [0, 0.1) is 13.8 Å². The predicted molar refractivity (Wildman–Crippen MR) is 173 cm³/mol. The summed E-state index contributed by atoms with van der Waals surface area (Å²) in [7, 11) is 0. The lowest BCUT2D eigenvalue weighted by Gasteiger charge is -2.14. The number of aryl methyl sites for hydroxylation is 4. The molecule has 0 saturated heterocycles. The van der Waals surface area contributed by atoms with Gasteiger partial charge < -0.3 is 0 Å². The highest BCUT2D eigenvalue weighted by atomic mass is 14.8. The molecule has 2 nitrogen and oxygen atoms in total. The summed E-state index contributed by atoms with van der Waals surface area (Å²) in [6.07, 6.45) is 12.6. The van der Waals surface area contributed by atoms with Gasteiger partial charge >= 0.3 is 0 Å². The smallest absolute Gasteiger partial charge is 0.0974 e. The third-order valence-electron chi connectivity index (χ3n) is 8.13. The SMILES string of the molecule is CCCCCCc1cccc(-c2cc(C)nc3c2ccc2c(-c4cccc(CCCCCC)c4)cc(C)nc23)c1. The first-order valence-corrected chi connectivity index (χ1v) is 15.5. The largest absolute Gasteiger partial charge is 0.251 e. The van der Waals surface area contributed by atoms with E-state index in [9.17, 15) is 0 Å². The average molecular weight is 529 g/mol. The summed E-state index contributed by atoms with van der Waals surface area (Å²) in [4.78, 5) is 10.1. The van der Waals surface area contributed by atoms with E-state index < -0.39 is 0 Å². The number of aromatic nitrogens is 2. The Kier molecular flexibility index (Phi) is 9.26. The van der Waals surface area contributed by atoms with Crippen molar-refractivity contribution < 1.29 is 0 Å². The predicted octanol–water partition coefficient (Wildman–Crippen LogP) is 11.0. The first-order chi connectivity index (χ1) is 19.6. The minimum atomic E-state index is 1.00. The van der Waals surface area contributed by atoms with Crippen molar-refractivity contribution in [3.8, 4) is 22.3 Å². The molecule has 0 spiro atoms. The monoisotopic (exact) mass is 528 g/mol. The topological polar surface area (TPSA) is 25.8 Å². The molecule has 0 atom stereocenters. The molecule has 3 aromatic carbocycles. The lowest BCUT2D eigenvalue weighted by atomic mass is 9.93. The molecule has 5 rings (SSSR count). The van der Waals surface area contributed by atoms with E-state index in [2.05, 4.69) is 100 Å². The van der Waals surface area contributed by atoms with E-state index in [0.29, 0.717) is 0 Å². The van der Waals surface area contributed by atoms with Crippen LogP contribution < -0.4 is 0 Å². The average Bonchev–Trinajstić information content (AvgIpc) is 2.97. The van der Waals surface area contributed by atoms with Crippen molar-refractivity contribution in [1.82, 2.24) is 9.97 Å². The number of rotatable bonds is 12. The van der Waals surface area contributed by atoms with E-state index in [1.165, 1.54) is 95.5 Å². The Morgan fingerprint density at radius 2 is 0.950 bits per heavy atom. The van der Waals surface area contributed by atoms with Gasteiger partial charge in [0.1, 0.15) is 0 Å². The highest BCUT2D eigenvalue weighted by Crippen LogP contribution is 2.37. The second kappa shape index (κ2) is 13.2. The minimum absolute atomic E-state index is 1.00. The number of hydrogen-bond donors (Lipinski definition) is 0. The molecule has 2 heteroatoms. The molecule has 0 amide bonds. The van der Waals surface area contributed by atoms with Crippen LogP contribution in [0.2, 0.25) is 0 Å². The molecule has 0 fully saturated rings. The molecule has 0 aliphatic heterocycles. The van der Waals surface area contributed by atoms with Crippen LogP contribution in [0.5, 0.6) is 0 Å². The molecule has 0 radical (unpaired) electrons. The van der Waals surface area contributed by atoms with Gasteiger partial charge in [0.15, 0.2) is 0 Å². The van der Waals surface area contributed by atoms with Crippen LogP contribution in [0.3, 0.4) is 0 Å². The lowest BCUT2D eigenvalue weighted by molar-refractivity contribution is 0.667. The zero-order chi connectivity index (χ0) is 27.9. The summed E-state index contributed by atoms with van der Waals surface area (Å²) in [5, 5.41) is 2.35. The molecule has 0 bridgehead atoms. The van der Waals surface area contributed by atoms with Crippen molar-refractivity contribution in [3.05, 3.63) is 95.3 Å². The molecule has 40 heavy (non-hydrogen) atoms. The molecule has 0 aliphatic rings. The van der Waals surface area contributed by atoms with Gasteiger partial charge in [0.25, 0.3) is 0 Å². The van der Waals surface area contributed by atoms with Gasteiger partial charge in [0.05, 0.1) is 11.0 Å². The number of nitrogens with zero attached hydrogens (tertiary/aromatic N) is 2. The Balaban J connectivity index is 1.56. The summed E-state index contributed by atoms with van der Waals surface area (Å²) >= 11 is 0. The summed E-state index contributed by atoms with van der Waals surface area (Å²) < 4.78 is 0. The van der Waals surface area contributed by atoms with E-state index in [1.807, 2.05) is 0 Å². The first-order valence-electron chi connectivity index (χ1n) is 15.5. The Hall–Kier alpha value is -3.52. The molecular formula is C38H44N2. The fraction of sp³-hybridized carbons (Fsp3) is 0.368. The third kappa shape index (κ3) is 6.44. The molecule has 0 aliphatic carbocycles. The van der Waals surface area contributed by atoms with Crippen molar-refractivity contribution in [2.45, 2.75) is 91.9 Å². The fourth-order valence-electron chi connectivity index (χ4n) is 6.01. The molecule has 206 valence electrons. The van der Waals surface area contributed by atoms with Crippen LogP contribution in [-0.2, 0) is 12.8 Å². The zero-order valence-corrected chi connectivity index (χ0v) is 24.9. The summed E-state index contributed by atoms with van der Waals surface area (Å²) in [6, 6.07) is 27.2. The Labute approximate surface area is 240 Å². The van der Waals surface area contributed by atoms with Gasteiger partial charge in [-0.3, -0.25) is 9.97 Å². The van der Waals surface area contributed by atoms with Crippen LogP contribution in [0.15, 0.2) is 72.8 Å². The Morgan fingerprint density at radius 1 is 0.500 bits per heavy atom. The van der Waals surface area contributed by atoms with Gasteiger partial charge in [-0.15, -0.1) is 0 Å². The molecule has 2 heterocycles. The molecular weight excluding hydrogens is 484 g/mol. The van der Waals surface area contributed by atoms with E-state index in [4.69, 9.17) is 9.97 Å². The molecule has 0 unspecified atom stereocenters. The second-order valence-corrected chi connectivity index (χ2v) is 11.5. The third-order valence-corrected chi connectivity index (χ3v) is 8.13. The number of fused-ring (bicyclic) bond motifs is 3. The van der Waals surface area contributed by atoms with Crippen molar-refractivity contribution in [3.63, 3.8) is 0 Å². The van der Waals surface area contributed by atoms with E-state index in [0.717, 1.165) is 35.3 Å². The van der Waals surface area contributed by atoms with Gasteiger partial charge in [0.2, 0.25) is 0 Å². The minimum Gasteiger partial charge on any atom is -0.251 e. The van der Waals surface area contributed by atoms with E-state index in [1.54, 1.807) is 0 Å². The first kappa shape index (κ1) is 28.0. The number of hydrogen-bond acceptors (Lipinski definition) is 2. The van der Waals surface area contributed by atoms with Crippen LogP contribution >= 0.6 is 0 Å². The quantitative estimate of drug-likeness (QED) is 0.119. The van der Waals surface area contributed by atoms with Gasteiger partial charge in [-0.05, 0) is 85.0 Å². The van der Waals surface area contributed by atoms with Crippen LogP contribution in [0.25, 0.3) is 44.1 Å². The summed E-state index contributed by atoms with van der Waals surface area (Å²) in [6.45, 7) is 8.75. The number of benzene rings is 3. The van der Waals surface area contributed by atoms with Crippen molar-refractivity contribution >= 4 is 21.8 Å². The maximum Gasteiger partial charge on any atom is 0.0974 e. The second-order valence-electron chi connectivity index (χ2n) is 11.5. The normalized spacial score (nSPS) is 11.5. The highest BCUT2D eigenvalue weighted by molar-refractivity contribution is 6.12. The van der Waals surface area contributed by atoms with E-state index >= 15 is 0 Å². The maximum atomic E-state index is 5.07. The van der Waals surface area contributed by atoms with Gasteiger partial charge in [-0.25, -0.2) is 0 Å². The Morgan fingerprint density at radius 3 is 1.38 bits per heavy atom. The number of unbranched alkanes of at least 4 members (excludes halogenated alkanes) is 6. The maximum absolute atomic E-state index is 5.07. The van der Waals surface area contributed by atoms with E-state index in [-0.39, 0.29) is 0 Å². The molecule has 0 N–H and O–H groups in total. The van der Waals surface area contributed by atoms with Crippen molar-refractivity contribution in [2.75, 3.05) is 0 Å². The van der Waals surface area contributed by atoms with Crippen molar-refractivity contribution in [2.24, 2.45) is 0 Å². The van der Waals surface area contributed by atoms with Gasteiger partial charge in [0, 0.05) is 22.2 Å². The summed E-state index contributed by atoms with van der Waals surface area (Å²) in [5.74, 6) is 0. The molecule has 2 aromatic heterocycles. The van der Waals surface area contributed by atoms with Crippen molar-refractivity contribution in [1.29, 1.82) is 0 Å².